The Hall–Kier alpha value is -4.19. The van der Waals surface area contributed by atoms with Gasteiger partial charge in [-0.3, -0.25) is 4.79 Å². The van der Waals surface area contributed by atoms with Crippen LogP contribution in [0.3, 0.4) is 0 Å². The topological polar surface area (TPSA) is 76.1 Å². The number of amides is 1. The van der Waals surface area contributed by atoms with Crippen molar-refractivity contribution in [3.8, 4) is 17.0 Å². The Kier molecular flexibility index (Phi) is 6.41. The molecule has 4 aromatic rings. The van der Waals surface area contributed by atoms with Crippen molar-refractivity contribution < 1.29 is 9.53 Å². The van der Waals surface area contributed by atoms with Crippen LogP contribution in [0.5, 0.6) is 5.75 Å². The fourth-order valence-corrected chi connectivity index (χ4v) is 3.19. The van der Waals surface area contributed by atoms with E-state index in [1.54, 1.807) is 12.1 Å². The van der Waals surface area contributed by atoms with E-state index in [1.807, 2.05) is 86.6 Å². The number of carbonyl (C=O) groups excluding carboxylic acids is 1. The summed E-state index contributed by atoms with van der Waals surface area (Å²) in [5.74, 6) is 1.30. The molecular formula is C26H24N4O2. The molecule has 0 aliphatic carbocycles. The first-order valence-electron chi connectivity index (χ1n) is 10.4. The van der Waals surface area contributed by atoms with E-state index in [0.717, 1.165) is 22.7 Å². The molecule has 4 rings (SSSR count). The molecule has 0 bridgehead atoms. The molecule has 6 heteroatoms. The molecule has 2 N–H and O–H groups in total. The minimum absolute atomic E-state index is 0.0662. The Morgan fingerprint density at radius 2 is 1.53 bits per heavy atom. The van der Waals surface area contributed by atoms with Gasteiger partial charge in [-0.15, -0.1) is 0 Å². The summed E-state index contributed by atoms with van der Waals surface area (Å²) in [6.45, 7) is 3.99. The summed E-state index contributed by atoms with van der Waals surface area (Å²) in [5, 5.41) is 6.18. The molecule has 32 heavy (non-hydrogen) atoms. The van der Waals surface area contributed by atoms with Crippen molar-refractivity contribution in [1.82, 2.24) is 9.97 Å². The van der Waals surface area contributed by atoms with E-state index >= 15 is 0 Å². The summed E-state index contributed by atoms with van der Waals surface area (Å²) >= 11 is 0. The van der Waals surface area contributed by atoms with Crippen LogP contribution in [0.25, 0.3) is 11.3 Å². The molecule has 0 atom stereocenters. The van der Waals surface area contributed by atoms with Crippen molar-refractivity contribution in [2.24, 2.45) is 0 Å². The molecule has 1 aromatic heterocycles. The van der Waals surface area contributed by atoms with Crippen molar-refractivity contribution in [2.75, 3.05) is 10.6 Å². The van der Waals surface area contributed by atoms with E-state index < -0.39 is 0 Å². The number of aromatic nitrogens is 2. The van der Waals surface area contributed by atoms with Crippen LogP contribution in [-0.4, -0.2) is 22.0 Å². The van der Waals surface area contributed by atoms with Gasteiger partial charge in [0, 0.05) is 28.6 Å². The molecule has 0 unspecified atom stereocenters. The first-order valence-corrected chi connectivity index (χ1v) is 10.4. The van der Waals surface area contributed by atoms with Gasteiger partial charge in [0.25, 0.3) is 5.91 Å². The van der Waals surface area contributed by atoms with Crippen LogP contribution in [-0.2, 0) is 0 Å². The smallest absolute Gasteiger partial charge is 0.255 e. The summed E-state index contributed by atoms with van der Waals surface area (Å²) in [6.07, 6.45) is 1.59. The highest BCUT2D eigenvalue weighted by Gasteiger charge is 2.10. The van der Waals surface area contributed by atoms with Gasteiger partial charge in [-0.05, 0) is 62.4 Å². The lowest BCUT2D eigenvalue weighted by molar-refractivity contribution is 0.102. The first kappa shape index (κ1) is 21.1. The van der Waals surface area contributed by atoms with E-state index in [9.17, 15) is 4.79 Å². The highest BCUT2D eigenvalue weighted by Crippen LogP contribution is 2.30. The van der Waals surface area contributed by atoms with E-state index in [2.05, 4.69) is 20.6 Å². The minimum Gasteiger partial charge on any atom is -0.490 e. The van der Waals surface area contributed by atoms with Crippen molar-refractivity contribution in [2.45, 2.75) is 20.0 Å². The molecule has 1 heterocycles. The number of nitrogens with one attached hydrogen (secondary N) is 2. The van der Waals surface area contributed by atoms with E-state index in [0.29, 0.717) is 17.1 Å². The number of hydrogen-bond acceptors (Lipinski definition) is 5. The number of ether oxygens (including phenoxy) is 1. The maximum Gasteiger partial charge on any atom is 0.255 e. The first-order chi connectivity index (χ1) is 15.6. The summed E-state index contributed by atoms with van der Waals surface area (Å²) < 4.78 is 5.92. The van der Waals surface area contributed by atoms with Crippen LogP contribution in [0.1, 0.15) is 24.2 Å². The number of carbonyl (C=O) groups is 1. The quantitative estimate of drug-likeness (QED) is 0.385. The molecule has 0 aliphatic rings. The summed E-state index contributed by atoms with van der Waals surface area (Å²) in [4.78, 5) is 21.0. The molecule has 0 fully saturated rings. The van der Waals surface area contributed by atoms with Crippen LogP contribution in [0.4, 0.5) is 17.2 Å². The molecule has 0 aliphatic heterocycles. The van der Waals surface area contributed by atoms with E-state index in [4.69, 9.17) is 4.74 Å². The maximum atomic E-state index is 12.3. The Morgan fingerprint density at radius 1 is 0.844 bits per heavy atom. The number of nitrogens with zero attached hydrogens (tertiary/aromatic N) is 2. The third kappa shape index (κ3) is 5.29. The van der Waals surface area contributed by atoms with Crippen molar-refractivity contribution >= 4 is 23.1 Å². The van der Waals surface area contributed by atoms with Crippen molar-refractivity contribution in [3.63, 3.8) is 0 Å². The molecule has 160 valence electrons. The Bertz CT molecular complexity index is 1190. The van der Waals surface area contributed by atoms with Gasteiger partial charge in [0.05, 0.1) is 11.8 Å². The molecule has 0 saturated heterocycles. The van der Waals surface area contributed by atoms with E-state index in [1.165, 1.54) is 6.33 Å². The normalized spacial score (nSPS) is 10.6. The predicted octanol–water partition coefficient (Wildman–Crippen LogP) is 5.93. The van der Waals surface area contributed by atoms with Gasteiger partial charge in [0.15, 0.2) is 0 Å². The molecule has 0 radical (unpaired) electrons. The predicted molar refractivity (Wildman–Crippen MR) is 127 cm³/mol. The molecule has 6 nitrogen and oxygen atoms in total. The Morgan fingerprint density at radius 3 is 2.28 bits per heavy atom. The van der Waals surface area contributed by atoms with Gasteiger partial charge in [-0.2, -0.15) is 0 Å². The lowest BCUT2D eigenvalue weighted by atomic mass is 10.1. The summed E-state index contributed by atoms with van der Waals surface area (Å²) in [6, 6.07) is 26.3. The van der Waals surface area contributed by atoms with Crippen LogP contribution < -0.4 is 15.4 Å². The Balaban J connectivity index is 1.47. The molecule has 0 saturated carbocycles. The van der Waals surface area contributed by atoms with Crippen molar-refractivity contribution in [1.29, 1.82) is 0 Å². The van der Waals surface area contributed by atoms with E-state index in [-0.39, 0.29) is 12.0 Å². The van der Waals surface area contributed by atoms with Crippen LogP contribution in [0, 0.1) is 0 Å². The molecule has 0 spiro atoms. The number of benzene rings is 3. The molecule has 1 amide bonds. The average Bonchev–Trinajstić information content (AvgIpc) is 2.81. The van der Waals surface area contributed by atoms with Crippen LogP contribution in [0.2, 0.25) is 0 Å². The Labute approximate surface area is 187 Å². The average molecular weight is 425 g/mol. The second-order valence-corrected chi connectivity index (χ2v) is 7.47. The second-order valence-electron chi connectivity index (χ2n) is 7.47. The van der Waals surface area contributed by atoms with Crippen molar-refractivity contribution in [3.05, 3.63) is 96.8 Å². The number of anilines is 3. The van der Waals surface area contributed by atoms with Gasteiger partial charge >= 0.3 is 0 Å². The van der Waals surface area contributed by atoms with Gasteiger partial charge < -0.3 is 15.4 Å². The third-order valence-corrected chi connectivity index (χ3v) is 4.64. The maximum absolute atomic E-state index is 12.3. The highest BCUT2D eigenvalue weighted by atomic mass is 16.5. The fraction of sp³-hybridized carbons (Fsp3) is 0.115. The molecular weight excluding hydrogens is 400 g/mol. The van der Waals surface area contributed by atoms with Gasteiger partial charge in [-0.25, -0.2) is 9.97 Å². The highest BCUT2D eigenvalue weighted by molar-refractivity contribution is 6.04. The van der Waals surface area contributed by atoms with Gasteiger partial charge in [0.2, 0.25) is 0 Å². The zero-order valence-corrected chi connectivity index (χ0v) is 17.9. The number of rotatable bonds is 7. The monoisotopic (exact) mass is 424 g/mol. The molecule has 3 aromatic carbocycles. The largest absolute Gasteiger partial charge is 0.490 e. The van der Waals surface area contributed by atoms with Crippen LogP contribution in [0.15, 0.2) is 91.3 Å². The zero-order valence-electron chi connectivity index (χ0n) is 17.9. The standard InChI is InChI=1S/C26H24N4O2/c1-18(2)32-24-11-7-6-10-22(24)23-16-25(28-17-27-23)29-20-12-14-21(15-13-20)30-26(31)19-8-4-3-5-9-19/h3-18H,1-2H3,(H,30,31)(H,27,28,29). The number of para-hydroxylation sites is 1. The lowest BCUT2D eigenvalue weighted by Gasteiger charge is -2.14. The minimum atomic E-state index is -0.144. The second kappa shape index (κ2) is 9.75. The summed E-state index contributed by atoms with van der Waals surface area (Å²) in [5.41, 5.74) is 3.85. The third-order valence-electron chi connectivity index (χ3n) is 4.64. The fourth-order valence-electron chi connectivity index (χ4n) is 3.19. The summed E-state index contributed by atoms with van der Waals surface area (Å²) in [7, 11) is 0. The SMILES string of the molecule is CC(C)Oc1ccccc1-c1cc(Nc2ccc(NC(=O)c3ccccc3)cc2)ncn1. The van der Waals surface area contributed by atoms with Gasteiger partial charge in [-0.1, -0.05) is 30.3 Å². The lowest BCUT2D eigenvalue weighted by Crippen LogP contribution is -2.11. The van der Waals surface area contributed by atoms with Gasteiger partial charge in [0.1, 0.15) is 17.9 Å². The number of hydrogen-bond donors (Lipinski definition) is 2. The van der Waals surface area contributed by atoms with Crippen LogP contribution >= 0.6 is 0 Å². The zero-order chi connectivity index (χ0) is 22.3.